The largest absolute Gasteiger partial charge is 0.496 e. The molecule has 19 heavy (non-hydrogen) atoms. The van der Waals surface area contributed by atoms with Gasteiger partial charge in [0.05, 0.1) is 7.11 Å². The van der Waals surface area contributed by atoms with E-state index >= 15 is 0 Å². The van der Waals surface area contributed by atoms with Crippen molar-refractivity contribution in [2.24, 2.45) is 0 Å². The second kappa shape index (κ2) is 5.55. The molecule has 100 valence electrons. The molecule has 0 spiro atoms. The van der Waals surface area contributed by atoms with Crippen LogP contribution >= 0.6 is 11.6 Å². The molecule has 0 amide bonds. The van der Waals surface area contributed by atoms with E-state index in [9.17, 15) is 13.9 Å². The molecule has 2 nitrogen and oxygen atoms in total. The molecule has 1 atom stereocenters. The maximum absolute atomic E-state index is 13.6. The summed E-state index contributed by atoms with van der Waals surface area (Å²) in [5.41, 5.74) is 0.280. The minimum absolute atomic E-state index is 0.0398. The average Bonchev–Trinajstić information content (AvgIpc) is 2.38. The summed E-state index contributed by atoms with van der Waals surface area (Å²) >= 11 is 5.85. The molecule has 2 aromatic rings. The summed E-state index contributed by atoms with van der Waals surface area (Å²) in [6.07, 6.45) is -1.28. The van der Waals surface area contributed by atoms with E-state index in [4.69, 9.17) is 16.3 Å². The van der Waals surface area contributed by atoms with Gasteiger partial charge in [-0.1, -0.05) is 17.7 Å². The van der Waals surface area contributed by atoms with Crippen LogP contribution in [0.15, 0.2) is 36.4 Å². The number of rotatable bonds is 3. The van der Waals surface area contributed by atoms with E-state index in [-0.39, 0.29) is 5.56 Å². The summed E-state index contributed by atoms with van der Waals surface area (Å²) in [6, 6.07) is 7.64. The molecule has 0 heterocycles. The predicted molar refractivity (Wildman–Crippen MR) is 68.4 cm³/mol. The van der Waals surface area contributed by atoms with Crippen LogP contribution < -0.4 is 4.74 Å². The van der Waals surface area contributed by atoms with Gasteiger partial charge in [0.25, 0.3) is 0 Å². The lowest BCUT2D eigenvalue weighted by molar-refractivity contribution is 0.209. The normalized spacial score (nSPS) is 12.3. The summed E-state index contributed by atoms with van der Waals surface area (Å²) in [4.78, 5) is 0. The van der Waals surface area contributed by atoms with Crippen molar-refractivity contribution in [3.8, 4) is 5.75 Å². The van der Waals surface area contributed by atoms with Gasteiger partial charge in [0.2, 0.25) is 0 Å². The highest BCUT2D eigenvalue weighted by atomic mass is 35.5. The van der Waals surface area contributed by atoms with Crippen LogP contribution in [0, 0.1) is 11.6 Å². The van der Waals surface area contributed by atoms with E-state index in [0.717, 1.165) is 12.1 Å². The monoisotopic (exact) mass is 284 g/mol. The molecule has 0 aliphatic rings. The number of aliphatic hydroxyl groups excluding tert-OH is 1. The molecule has 0 radical (unpaired) electrons. The summed E-state index contributed by atoms with van der Waals surface area (Å²) in [6.45, 7) is 0. The van der Waals surface area contributed by atoms with Gasteiger partial charge in [-0.25, -0.2) is 8.78 Å². The molecular weight excluding hydrogens is 274 g/mol. The first kappa shape index (κ1) is 13.8. The molecule has 0 bridgehead atoms. The fraction of sp³-hybridized carbons (Fsp3) is 0.143. The van der Waals surface area contributed by atoms with E-state index in [0.29, 0.717) is 16.3 Å². The number of aliphatic hydroxyl groups is 1. The number of benzene rings is 2. The molecule has 0 saturated carbocycles. The molecular formula is C14H11ClF2O2. The molecule has 0 aliphatic heterocycles. The molecule has 0 saturated heterocycles. The highest BCUT2D eigenvalue weighted by molar-refractivity contribution is 6.30. The molecule has 1 unspecified atom stereocenters. The molecule has 5 heteroatoms. The van der Waals surface area contributed by atoms with Crippen LogP contribution in [0.5, 0.6) is 5.75 Å². The SMILES string of the molecule is COc1ccc(Cl)cc1C(O)c1ccc(F)cc1F. The van der Waals surface area contributed by atoms with Gasteiger partial charge in [-0.3, -0.25) is 0 Å². The zero-order chi connectivity index (χ0) is 14.0. The lowest BCUT2D eigenvalue weighted by Gasteiger charge is -2.16. The van der Waals surface area contributed by atoms with E-state index in [1.54, 1.807) is 12.1 Å². The van der Waals surface area contributed by atoms with Crippen LogP contribution in [0.1, 0.15) is 17.2 Å². The fourth-order valence-corrected chi connectivity index (χ4v) is 1.99. The Labute approximate surface area is 114 Å². The predicted octanol–water partition coefficient (Wildman–Crippen LogP) is 3.71. The lowest BCUT2D eigenvalue weighted by Crippen LogP contribution is -2.05. The topological polar surface area (TPSA) is 29.5 Å². The molecule has 0 aromatic heterocycles. The van der Waals surface area contributed by atoms with Crippen LogP contribution in [-0.4, -0.2) is 12.2 Å². The summed E-state index contributed by atoms with van der Waals surface area (Å²) in [7, 11) is 1.43. The van der Waals surface area contributed by atoms with E-state index in [2.05, 4.69) is 0 Å². The minimum atomic E-state index is -1.28. The Morgan fingerprint density at radius 3 is 2.47 bits per heavy atom. The Bertz CT molecular complexity index is 602. The molecule has 2 rings (SSSR count). The first-order valence-electron chi connectivity index (χ1n) is 5.49. The first-order valence-corrected chi connectivity index (χ1v) is 5.87. The highest BCUT2D eigenvalue weighted by Crippen LogP contribution is 2.33. The van der Waals surface area contributed by atoms with Gasteiger partial charge in [-0.05, 0) is 24.3 Å². The van der Waals surface area contributed by atoms with Gasteiger partial charge in [0, 0.05) is 22.2 Å². The van der Waals surface area contributed by atoms with Crippen LogP contribution in [0.3, 0.4) is 0 Å². The Hall–Kier alpha value is -1.65. The number of halogens is 3. The third-order valence-corrected chi connectivity index (χ3v) is 2.98. The minimum Gasteiger partial charge on any atom is -0.496 e. The lowest BCUT2D eigenvalue weighted by atomic mass is 10.00. The van der Waals surface area contributed by atoms with E-state index < -0.39 is 17.7 Å². The Balaban J connectivity index is 2.49. The highest BCUT2D eigenvalue weighted by Gasteiger charge is 2.19. The van der Waals surface area contributed by atoms with Crippen LogP contribution in [0.2, 0.25) is 5.02 Å². The standard InChI is InChI=1S/C14H11ClF2O2/c1-19-13-5-2-8(15)6-11(13)14(18)10-4-3-9(16)7-12(10)17/h2-7,14,18H,1H3. The maximum Gasteiger partial charge on any atom is 0.132 e. The Morgan fingerprint density at radius 1 is 1.11 bits per heavy atom. The summed E-state index contributed by atoms with van der Waals surface area (Å²) in [5.74, 6) is -1.15. The van der Waals surface area contributed by atoms with Gasteiger partial charge in [-0.2, -0.15) is 0 Å². The average molecular weight is 285 g/mol. The number of ether oxygens (including phenoxy) is 1. The molecule has 2 aromatic carbocycles. The Morgan fingerprint density at radius 2 is 1.84 bits per heavy atom. The third-order valence-electron chi connectivity index (χ3n) is 2.74. The Kier molecular flexibility index (Phi) is 4.02. The number of hydrogen-bond donors (Lipinski definition) is 1. The van der Waals surface area contributed by atoms with Crippen molar-refractivity contribution < 1.29 is 18.6 Å². The van der Waals surface area contributed by atoms with E-state index in [1.807, 2.05) is 0 Å². The van der Waals surface area contributed by atoms with Gasteiger partial charge < -0.3 is 9.84 Å². The van der Waals surface area contributed by atoms with Crippen molar-refractivity contribution in [2.45, 2.75) is 6.10 Å². The van der Waals surface area contributed by atoms with Crippen molar-refractivity contribution in [3.05, 3.63) is 64.2 Å². The second-order valence-corrected chi connectivity index (χ2v) is 4.39. The van der Waals surface area contributed by atoms with Gasteiger partial charge in [0.15, 0.2) is 0 Å². The first-order chi connectivity index (χ1) is 9.02. The second-order valence-electron chi connectivity index (χ2n) is 3.95. The van der Waals surface area contributed by atoms with E-state index in [1.165, 1.54) is 19.2 Å². The van der Waals surface area contributed by atoms with Crippen LogP contribution in [0.25, 0.3) is 0 Å². The summed E-state index contributed by atoms with van der Waals surface area (Å²) < 4.78 is 31.6. The smallest absolute Gasteiger partial charge is 0.132 e. The van der Waals surface area contributed by atoms with Gasteiger partial charge in [-0.15, -0.1) is 0 Å². The quantitative estimate of drug-likeness (QED) is 0.931. The molecule has 1 N–H and O–H groups in total. The van der Waals surface area contributed by atoms with Crippen molar-refractivity contribution >= 4 is 11.6 Å². The third kappa shape index (κ3) is 2.85. The van der Waals surface area contributed by atoms with Crippen molar-refractivity contribution in [1.82, 2.24) is 0 Å². The number of methoxy groups -OCH3 is 1. The van der Waals surface area contributed by atoms with Crippen LogP contribution in [0.4, 0.5) is 8.78 Å². The van der Waals surface area contributed by atoms with Crippen molar-refractivity contribution in [2.75, 3.05) is 7.11 Å². The van der Waals surface area contributed by atoms with Gasteiger partial charge in [0.1, 0.15) is 23.5 Å². The van der Waals surface area contributed by atoms with Gasteiger partial charge >= 0.3 is 0 Å². The molecule has 0 fully saturated rings. The fourth-order valence-electron chi connectivity index (χ4n) is 1.81. The maximum atomic E-state index is 13.6. The van der Waals surface area contributed by atoms with Crippen LogP contribution in [-0.2, 0) is 0 Å². The van der Waals surface area contributed by atoms with Crippen molar-refractivity contribution in [3.63, 3.8) is 0 Å². The zero-order valence-corrected chi connectivity index (χ0v) is 10.8. The summed E-state index contributed by atoms with van der Waals surface area (Å²) in [5, 5.41) is 10.6. The number of hydrogen-bond acceptors (Lipinski definition) is 2. The zero-order valence-electron chi connectivity index (χ0n) is 10.0. The van der Waals surface area contributed by atoms with Crippen molar-refractivity contribution in [1.29, 1.82) is 0 Å². The molecule has 0 aliphatic carbocycles.